The van der Waals surface area contributed by atoms with Crippen LogP contribution in [0.3, 0.4) is 0 Å². The molecule has 0 aromatic heterocycles. The molecule has 0 aliphatic carbocycles. The van der Waals surface area contributed by atoms with Gasteiger partial charge >= 0.3 is 12.0 Å². The Hall–Kier alpha value is -3.23. The molecular formula is C26H31ClN4O4. The number of rotatable bonds is 8. The number of hydrogen-bond acceptors (Lipinski definition) is 6. The average molecular weight is 499 g/mol. The van der Waals surface area contributed by atoms with Crippen molar-refractivity contribution in [3.63, 3.8) is 0 Å². The van der Waals surface area contributed by atoms with Gasteiger partial charge in [-0.15, -0.1) is 0 Å². The topological polar surface area (TPSA) is 83.1 Å². The summed E-state index contributed by atoms with van der Waals surface area (Å²) in [5.74, 6) is 0.172. The minimum absolute atomic E-state index is 0.239. The molecule has 35 heavy (non-hydrogen) atoms. The van der Waals surface area contributed by atoms with E-state index in [9.17, 15) is 9.59 Å². The molecule has 1 saturated heterocycles. The van der Waals surface area contributed by atoms with Gasteiger partial charge in [0.2, 0.25) is 0 Å². The third kappa shape index (κ3) is 5.89. The van der Waals surface area contributed by atoms with E-state index in [1.165, 1.54) is 0 Å². The van der Waals surface area contributed by atoms with Gasteiger partial charge in [-0.05, 0) is 44.2 Å². The summed E-state index contributed by atoms with van der Waals surface area (Å²) >= 11 is 6.02. The largest absolute Gasteiger partial charge is 0.494 e. The summed E-state index contributed by atoms with van der Waals surface area (Å²) in [4.78, 5) is 30.3. The molecular weight excluding hydrogens is 468 g/mol. The standard InChI is InChI=1S/C26H31ClN4O4/c1-3-34-22-8-6-5-7-20(22)24-23(25(32)35-4-2)21(28-26(33)29-24)17-30-13-15-31(16-14-30)19-11-9-18(27)10-12-19/h5-12,24H,3-4,13-17H2,1-2H3,(H2,28,29,33)/t24-/m1/s1. The number of esters is 1. The molecule has 8 nitrogen and oxygen atoms in total. The molecule has 2 N–H and O–H groups in total. The first-order chi connectivity index (χ1) is 17.0. The number of benzene rings is 2. The van der Waals surface area contributed by atoms with E-state index in [0.29, 0.717) is 35.2 Å². The lowest BCUT2D eigenvalue weighted by molar-refractivity contribution is -0.139. The molecule has 2 aromatic rings. The van der Waals surface area contributed by atoms with Crippen molar-refractivity contribution in [3.8, 4) is 5.75 Å². The number of carbonyl (C=O) groups is 2. The SMILES string of the molecule is CCOC(=O)C1=C(CN2CCN(c3ccc(Cl)cc3)CC2)NC(=O)N[C@@H]1c1ccccc1OCC. The third-order valence-electron chi connectivity index (χ3n) is 6.12. The highest BCUT2D eigenvalue weighted by Gasteiger charge is 2.36. The summed E-state index contributed by atoms with van der Waals surface area (Å²) in [5, 5.41) is 6.48. The monoisotopic (exact) mass is 498 g/mol. The Morgan fingerprint density at radius 1 is 1.03 bits per heavy atom. The Morgan fingerprint density at radius 3 is 2.43 bits per heavy atom. The molecule has 2 aromatic carbocycles. The number of para-hydroxylation sites is 1. The van der Waals surface area contributed by atoms with E-state index >= 15 is 0 Å². The van der Waals surface area contributed by atoms with E-state index in [1.807, 2.05) is 55.5 Å². The normalized spacial score (nSPS) is 18.7. The van der Waals surface area contributed by atoms with E-state index in [1.54, 1.807) is 6.92 Å². The van der Waals surface area contributed by atoms with Gasteiger partial charge in [-0.1, -0.05) is 29.8 Å². The molecule has 186 valence electrons. The zero-order chi connectivity index (χ0) is 24.8. The molecule has 0 bridgehead atoms. The van der Waals surface area contributed by atoms with Crippen LogP contribution in [-0.4, -0.2) is 62.8 Å². The molecule has 1 fully saturated rings. The fourth-order valence-electron chi connectivity index (χ4n) is 4.47. The number of hydrogen-bond donors (Lipinski definition) is 2. The second-order valence-electron chi connectivity index (χ2n) is 8.35. The number of urea groups is 1. The van der Waals surface area contributed by atoms with E-state index in [-0.39, 0.29) is 12.6 Å². The van der Waals surface area contributed by atoms with Crippen molar-refractivity contribution >= 4 is 29.3 Å². The minimum Gasteiger partial charge on any atom is -0.494 e. The first kappa shape index (κ1) is 24.9. The first-order valence-corrected chi connectivity index (χ1v) is 12.3. The van der Waals surface area contributed by atoms with Crippen LogP contribution in [0.1, 0.15) is 25.5 Å². The number of halogens is 1. The number of nitrogens with zero attached hydrogens (tertiary/aromatic N) is 2. The Balaban J connectivity index is 1.58. The highest BCUT2D eigenvalue weighted by molar-refractivity contribution is 6.30. The summed E-state index contributed by atoms with van der Waals surface area (Å²) in [6.45, 7) is 8.03. The lowest BCUT2D eigenvalue weighted by atomic mass is 9.94. The lowest BCUT2D eigenvalue weighted by Gasteiger charge is -2.38. The smallest absolute Gasteiger partial charge is 0.338 e. The quantitative estimate of drug-likeness (QED) is 0.540. The van der Waals surface area contributed by atoms with Gasteiger partial charge in [-0.2, -0.15) is 0 Å². The Bertz CT molecular complexity index is 1080. The van der Waals surface area contributed by atoms with Crippen molar-refractivity contribution in [2.75, 3.05) is 50.8 Å². The minimum atomic E-state index is -0.670. The van der Waals surface area contributed by atoms with Crippen LogP contribution in [0, 0.1) is 0 Å². The number of ether oxygens (including phenoxy) is 2. The number of nitrogens with one attached hydrogen (secondary N) is 2. The van der Waals surface area contributed by atoms with Gasteiger partial charge in [-0.25, -0.2) is 9.59 Å². The lowest BCUT2D eigenvalue weighted by Crippen LogP contribution is -2.51. The van der Waals surface area contributed by atoms with Crippen molar-refractivity contribution in [2.24, 2.45) is 0 Å². The zero-order valence-corrected chi connectivity index (χ0v) is 20.8. The highest BCUT2D eigenvalue weighted by atomic mass is 35.5. The van der Waals surface area contributed by atoms with Gasteiger partial charge in [-0.3, -0.25) is 4.90 Å². The van der Waals surface area contributed by atoms with Crippen LogP contribution in [-0.2, 0) is 9.53 Å². The predicted octanol–water partition coefficient (Wildman–Crippen LogP) is 3.73. The predicted molar refractivity (Wildman–Crippen MR) is 136 cm³/mol. The summed E-state index contributed by atoms with van der Waals surface area (Å²) < 4.78 is 11.2. The van der Waals surface area contributed by atoms with E-state index in [2.05, 4.69) is 20.4 Å². The Kier molecular flexibility index (Phi) is 8.15. The number of amides is 2. The van der Waals surface area contributed by atoms with Crippen LogP contribution < -0.4 is 20.3 Å². The molecule has 2 amide bonds. The Labute approximate surface area is 210 Å². The average Bonchev–Trinajstić information content (AvgIpc) is 2.85. The van der Waals surface area contributed by atoms with Gasteiger partial charge in [0.25, 0.3) is 0 Å². The molecule has 1 atom stereocenters. The van der Waals surface area contributed by atoms with Gasteiger partial charge in [0.15, 0.2) is 0 Å². The number of carbonyl (C=O) groups excluding carboxylic acids is 2. The fraction of sp³-hybridized carbons (Fsp3) is 0.385. The first-order valence-electron chi connectivity index (χ1n) is 11.9. The van der Waals surface area contributed by atoms with Gasteiger partial charge in [0.1, 0.15) is 5.75 Å². The second-order valence-corrected chi connectivity index (χ2v) is 8.79. The van der Waals surface area contributed by atoms with Crippen molar-refractivity contribution in [2.45, 2.75) is 19.9 Å². The maximum Gasteiger partial charge on any atom is 0.338 e. The molecule has 4 rings (SSSR count). The highest BCUT2D eigenvalue weighted by Crippen LogP contribution is 2.34. The maximum atomic E-state index is 13.1. The molecule has 0 saturated carbocycles. The second kappa shape index (κ2) is 11.5. The van der Waals surface area contributed by atoms with Crippen molar-refractivity contribution < 1.29 is 19.1 Å². The van der Waals surface area contributed by atoms with E-state index in [0.717, 1.165) is 37.4 Å². The number of piperazine rings is 1. The van der Waals surface area contributed by atoms with Crippen LogP contribution in [0.5, 0.6) is 5.75 Å². The third-order valence-corrected chi connectivity index (χ3v) is 6.38. The van der Waals surface area contributed by atoms with Crippen molar-refractivity contribution in [1.82, 2.24) is 15.5 Å². The van der Waals surface area contributed by atoms with E-state index in [4.69, 9.17) is 21.1 Å². The summed E-state index contributed by atoms with van der Waals surface area (Å²) in [5.41, 5.74) is 2.81. The molecule has 9 heteroatoms. The van der Waals surface area contributed by atoms with Gasteiger partial charge < -0.3 is 25.0 Å². The zero-order valence-electron chi connectivity index (χ0n) is 20.1. The molecule has 0 radical (unpaired) electrons. The summed E-state index contributed by atoms with van der Waals surface area (Å²) in [7, 11) is 0. The van der Waals surface area contributed by atoms with Crippen LogP contribution in [0.15, 0.2) is 59.8 Å². The molecule has 0 spiro atoms. The van der Waals surface area contributed by atoms with Crippen LogP contribution in [0.2, 0.25) is 5.02 Å². The maximum absolute atomic E-state index is 13.1. The van der Waals surface area contributed by atoms with Crippen molar-refractivity contribution in [1.29, 1.82) is 0 Å². The van der Waals surface area contributed by atoms with Gasteiger partial charge in [0, 0.05) is 54.7 Å². The van der Waals surface area contributed by atoms with E-state index < -0.39 is 12.0 Å². The van der Waals surface area contributed by atoms with Gasteiger partial charge in [0.05, 0.1) is 24.8 Å². The van der Waals surface area contributed by atoms with Crippen LogP contribution in [0.25, 0.3) is 0 Å². The summed E-state index contributed by atoms with van der Waals surface area (Å²) in [6.07, 6.45) is 0. The van der Waals surface area contributed by atoms with Crippen LogP contribution >= 0.6 is 11.6 Å². The summed E-state index contributed by atoms with van der Waals surface area (Å²) in [6, 6.07) is 14.2. The molecule has 2 heterocycles. The Morgan fingerprint density at radius 2 is 1.74 bits per heavy atom. The van der Waals surface area contributed by atoms with Crippen LogP contribution in [0.4, 0.5) is 10.5 Å². The molecule has 2 aliphatic rings. The number of anilines is 1. The fourth-order valence-corrected chi connectivity index (χ4v) is 4.60. The molecule has 2 aliphatic heterocycles. The molecule has 0 unspecified atom stereocenters. The van der Waals surface area contributed by atoms with Crippen molar-refractivity contribution in [3.05, 3.63) is 70.4 Å².